The van der Waals surface area contributed by atoms with Gasteiger partial charge in [-0.05, 0) is 112 Å². The Morgan fingerprint density at radius 1 is 0.455 bits per heavy atom. The average molecular weight is 887 g/mol. The molecule has 340 valence electrons. The Hall–Kier alpha value is -6.68. The van der Waals surface area contributed by atoms with Crippen LogP contribution >= 0.6 is 0 Å². The molecule has 66 heavy (non-hydrogen) atoms. The molecule has 2 amide bonds. The lowest BCUT2D eigenvalue weighted by molar-refractivity contribution is 0.0695. The molecule has 0 spiro atoms. The molecular formula is C56H58N2O8. The van der Waals surface area contributed by atoms with Crippen LogP contribution in [-0.2, 0) is 10.8 Å². The third-order valence-electron chi connectivity index (χ3n) is 13.8. The second kappa shape index (κ2) is 17.3. The number of benzene rings is 7. The van der Waals surface area contributed by atoms with Crippen LogP contribution in [0.3, 0.4) is 0 Å². The van der Waals surface area contributed by atoms with Crippen molar-refractivity contribution in [1.29, 1.82) is 0 Å². The first-order valence-corrected chi connectivity index (χ1v) is 23.4. The Morgan fingerprint density at radius 2 is 0.818 bits per heavy atom. The number of nitrogens with one attached hydrogen (secondary N) is 2. The van der Waals surface area contributed by atoms with Crippen LogP contribution in [0, 0.1) is 0 Å². The minimum Gasteiger partial charge on any atom is -0.478 e. The highest BCUT2D eigenvalue weighted by atomic mass is 16.5. The summed E-state index contributed by atoms with van der Waals surface area (Å²) in [6.45, 7) is 12.8. The van der Waals surface area contributed by atoms with Crippen molar-refractivity contribution < 1.29 is 38.9 Å². The fraction of sp³-hybridized carbons (Fsp3) is 0.357. The molecule has 7 aromatic carbocycles. The van der Waals surface area contributed by atoms with Crippen molar-refractivity contribution in [2.24, 2.45) is 0 Å². The van der Waals surface area contributed by atoms with Gasteiger partial charge in [-0.3, -0.25) is 9.59 Å². The number of carboxylic acid groups (broad SMARTS) is 2. The van der Waals surface area contributed by atoms with Gasteiger partial charge in [-0.2, -0.15) is 0 Å². The molecule has 2 fully saturated rings. The van der Waals surface area contributed by atoms with Gasteiger partial charge in [0.15, 0.2) is 0 Å². The minimum atomic E-state index is -1.28. The first-order valence-electron chi connectivity index (χ1n) is 23.4. The molecule has 2 saturated carbocycles. The van der Waals surface area contributed by atoms with E-state index in [1.165, 1.54) is 12.1 Å². The molecule has 2 aliphatic rings. The summed E-state index contributed by atoms with van der Waals surface area (Å²) in [5, 5.41) is 31.1. The van der Waals surface area contributed by atoms with Crippen molar-refractivity contribution in [2.45, 2.75) is 129 Å². The molecule has 7 aromatic rings. The molecular weight excluding hydrogens is 829 g/mol. The largest absolute Gasteiger partial charge is 0.478 e. The second-order valence-corrected chi connectivity index (χ2v) is 20.4. The van der Waals surface area contributed by atoms with Gasteiger partial charge in [0.05, 0.1) is 22.3 Å². The van der Waals surface area contributed by atoms with Crippen LogP contribution < -0.4 is 20.1 Å². The zero-order chi connectivity index (χ0) is 46.7. The smallest absolute Gasteiger partial charge is 0.336 e. The molecule has 0 atom stereocenters. The SMILES string of the molecule is CC(C)(C)c1ccc(Oc2cc(C(=O)NC3CCCCC3)c3c(C(=O)NC4CCCCC4)cc(Oc4ccc(C(C)(C)C)cc4)c4c5ccc(C(=O)O)c6c(C(=O)O)ccc(c2c34)c65)cc1. The summed E-state index contributed by atoms with van der Waals surface area (Å²) in [7, 11) is 0. The fourth-order valence-corrected chi connectivity index (χ4v) is 10.2. The standard InChI is InChI=1S/C56H58N2O8/c1-55(2,3)31-17-21-35(22-18-31)65-43-29-41(51(59)57-33-13-9-7-10-14-33)47-42(52(60)58-34-15-11-8-12-16-34)30-44(66-36-23-19-32(20-24-36)56(4,5)6)49-38-26-28-40(54(63)64)46-39(53(61)62)27-25-37(45(38)46)48(43)50(47)49/h17-30,33-34H,7-16H2,1-6H3,(H,57,59)(H,58,60)(H,61,62)(H,63,64). The Balaban J connectivity index is 1.43. The van der Waals surface area contributed by atoms with E-state index < -0.39 is 11.9 Å². The number of fused-ring (bicyclic) bond motifs is 2. The van der Waals surface area contributed by atoms with Crippen molar-refractivity contribution in [3.63, 3.8) is 0 Å². The molecule has 0 heterocycles. The predicted molar refractivity (Wildman–Crippen MR) is 261 cm³/mol. The lowest BCUT2D eigenvalue weighted by atomic mass is 9.83. The Bertz CT molecular complexity index is 2840. The molecule has 0 aromatic heterocycles. The molecule has 9 rings (SSSR count). The maximum atomic E-state index is 15.1. The fourth-order valence-electron chi connectivity index (χ4n) is 10.2. The van der Waals surface area contributed by atoms with E-state index in [1.807, 2.05) is 48.5 Å². The number of aromatic carboxylic acids is 2. The maximum Gasteiger partial charge on any atom is 0.336 e. The van der Waals surface area contributed by atoms with E-state index in [0.29, 0.717) is 49.2 Å². The van der Waals surface area contributed by atoms with Gasteiger partial charge in [0.1, 0.15) is 23.0 Å². The Labute approximate surface area is 385 Å². The van der Waals surface area contributed by atoms with Crippen molar-refractivity contribution >= 4 is 66.8 Å². The summed E-state index contributed by atoms with van der Waals surface area (Å²) in [6, 6.07) is 25.0. The average Bonchev–Trinajstić information content (AvgIpc) is 3.28. The summed E-state index contributed by atoms with van der Waals surface area (Å²) >= 11 is 0. The number of hydrogen-bond donors (Lipinski definition) is 4. The number of carbonyl (C=O) groups is 4. The van der Waals surface area contributed by atoms with Crippen molar-refractivity contribution in [2.75, 3.05) is 0 Å². The highest BCUT2D eigenvalue weighted by Crippen LogP contribution is 2.52. The highest BCUT2D eigenvalue weighted by molar-refractivity contribution is 6.40. The van der Waals surface area contributed by atoms with Crippen molar-refractivity contribution in [1.82, 2.24) is 10.6 Å². The van der Waals surface area contributed by atoms with Crippen LogP contribution in [-0.4, -0.2) is 46.0 Å². The van der Waals surface area contributed by atoms with Gasteiger partial charge in [0.2, 0.25) is 0 Å². The summed E-state index contributed by atoms with van der Waals surface area (Å²) in [6.07, 6.45) is 9.55. The number of hydrogen-bond acceptors (Lipinski definition) is 6. The van der Waals surface area contributed by atoms with Crippen LogP contribution in [0.25, 0.3) is 43.1 Å². The van der Waals surface area contributed by atoms with Crippen LogP contribution in [0.4, 0.5) is 0 Å². The van der Waals surface area contributed by atoms with Crippen LogP contribution in [0.2, 0.25) is 0 Å². The summed E-state index contributed by atoms with van der Waals surface area (Å²) in [4.78, 5) is 56.2. The first kappa shape index (κ1) is 44.5. The van der Waals surface area contributed by atoms with Gasteiger partial charge >= 0.3 is 11.9 Å². The van der Waals surface area contributed by atoms with E-state index in [0.717, 1.165) is 75.3 Å². The molecule has 2 aliphatic carbocycles. The van der Waals surface area contributed by atoms with Crippen LogP contribution in [0.1, 0.15) is 158 Å². The molecule has 10 heteroatoms. The highest BCUT2D eigenvalue weighted by Gasteiger charge is 2.32. The normalized spacial score (nSPS) is 15.4. The molecule has 0 aliphatic heterocycles. The topological polar surface area (TPSA) is 151 Å². The number of amides is 2. The molecule has 4 N–H and O–H groups in total. The van der Waals surface area contributed by atoms with Crippen molar-refractivity contribution in [3.8, 4) is 23.0 Å². The first-order chi connectivity index (χ1) is 31.5. The lowest BCUT2D eigenvalue weighted by Gasteiger charge is -2.27. The summed E-state index contributed by atoms with van der Waals surface area (Å²) in [5.41, 5.74) is 2.07. The zero-order valence-electron chi connectivity index (χ0n) is 38.7. The van der Waals surface area contributed by atoms with Gasteiger partial charge in [-0.1, -0.05) is 116 Å². The van der Waals surface area contributed by atoms with E-state index >= 15 is 9.59 Å². The Morgan fingerprint density at radius 3 is 1.17 bits per heavy atom. The maximum absolute atomic E-state index is 15.1. The van der Waals surface area contributed by atoms with Gasteiger partial charge in [0, 0.05) is 39.0 Å². The van der Waals surface area contributed by atoms with E-state index in [-0.39, 0.29) is 73.9 Å². The molecule has 0 saturated heterocycles. The lowest BCUT2D eigenvalue weighted by Crippen LogP contribution is -2.37. The number of carbonyl (C=O) groups excluding carboxylic acids is 2. The van der Waals surface area contributed by atoms with E-state index in [1.54, 1.807) is 24.3 Å². The molecule has 0 radical (unpaired) electrons. The predicted octanol–water partition coefficient (Wildman–Crippen LogP) is 13.4. The number of ether oxygens (including phenoxy) is 2. The summed E-state index contributed by atoms with van der Waals surface area (Å²) < 4.78 is 13.8. The Kier molecular flexibility index (Phi) is 11.7. The third kappa shape index (κ3) is 8.38. The van der Waals surface area contributed by atoms with Gasteiger partial charge in [-0.25, -0.2) is 9.59 Å². The van der Waals surface area contributed by atoms with Crippen LogP contribution in [0.15, 0.2) is 84.9 Å². The van der Waals surface area contributed by atoms with E-state index in [4.69, 9.17) is 9.47 Å². The third-order valence-corrected chi connectivity index (χ3v) is 13.8. The number of carboxylic acids is 2. The van der Waals surface area contributed by atoms with E-state index in [2.05, 4.69) is 52.2 Å². The monoisotopic (exact) mass is 886 g/mol. The van der Waals surface area contributed by atoms with Gasteiger partial charge in [0.25, 0.3) is 11.8 Å². The quantitative estimate of drug-likeness (QED) is 0.0783. The van der Waals surface area contributed by atoms with E-state index in [9.17, 15) is 19.8 Å². The molecule has 0 unspecified atom stereocenters. The second-order valence-electron chi connectivity index (χ2n) is 20.4. The minimum absolute atomic E-state index is 0.0444. The van der Waals surface area contributed by atoms with Crippen molar-refractivity contribution in [3.05, 3.63) is 118 Å². The van der Waals surface area contributed by atoms with Gasteiger partial charge in [-0.15, -0.1) is 0 Å². The molecule has 10 nitrogen and oxygen atoms in total. The molecule has 0 bridgehead atoms. The summed E-state index contributed by atoms with van der Waals surface area (Å²) in [5.74, 6) is -1.72. The number of rotatable bonds is 10. The zero-order valence-corrected chi connectivity index (χ0v) is 38.7. The van der Waals surface area contributed by atoms with Crippen LogP contribution in [0.5, 0.6) is 23.0 Å². The van der Waals surface area contributed by atoms with Gasteiger partial charge < -0.3 is 30.3 Å².